The molecular weight excluding hydrogens is 213 g/mol. The van der Waals surface area contributed by atoms with Gasteiger partial charge in [0.2, 0.25) is 0 Å². The lowest BCUT2D eigenvalue weighted by Gasteiger charge is -2.10. The maximum Gasteiger partial charge on any atom is 0.0956 e. The first-order valence-electron chi connectivity index (χ1n) is 3.43. The predicted molar refractivity (Wildman–Crippen MR) is 58.7 cm³/mol. The Labute approximate surface area is 78.6 Å². The van der Waals surface area contributed by atoms with Gasteiger partial charge in [-0.05, 0) is 12.5 Å². The summed E-state index contributed by atoms with van der Waals surface area (Å²) in [6, 6.07) is 0. The zero-order valence-electron chi connectivity index (χ0n) is 7.28. The average Bonchev–Trinajstić information content (AvgIpc) is 2.02. The molecule has 0 radical (unpaired) electrons. The van der Waals surface area contributed by atoms with Crippen LogP contribution in [0.25, 0.3) is 0 Å². The monoisotopic (exact) mass is 228 g/mol. The van der Waals surface area contributed by atoms with Gasteiger partial charge in [-0.2, -0.15) is 0 Å². The fourth-order valence-corrected chi connectivity index (χ4v) is 3.14. The molecule has 0 saturated carbocycles. The summed E-state index contributed by atoms with van der Waals surface area (Å²) >= 11 is 0. The molecule has 0 fully saturated rings. The lowest BCUT2D eigenvalue weighted by molar-refractivity contribution is 0.338. The molecule has 0 aromatic rings. The fraction of sp³-hybridized carbons (Fsp3) is 0.667. The third-order valence-corrected chi connectivity index (χ3v) is 4.69. The van der Waals surface area contributed by atoms with Crippen molar-refractivity contribution in [1.29, 1.82) is 0 Å². The van der Waals surface area contributed by atoms with Crippen LogP contribution < -0.4 is 0 Å². The van der Waals surface area contributed by atoms with E-state index >= 15 is 0 Å². The normalized spacial score (nSPS) is 15.8. The van der Waals surface area contributed by atoms with E-state index in [1.165, 1.54) is 0 Å². The van der Waals surface area contributed by atoms with E-state index in [9.17, 15) is 0 Å². The van der Waals surface area contributed by atoms with Gasteiger partial charge in [0.05, 0.1) is 29.2 Å². The quantitative estimate of drug-likeness (QED) is 0.559. The maximum absolute atomic E-state index is 8.55. The van der Waals surface area contributed by atoms with Crippen LogP contribution in [0.3, 0.4) is 0 Å². The Balaban J connectivity index is 3.46. The lowest BCUT2D eigenvalue weighted by Crippen LogP contribution is -1.89. The van der Waals surface area contributed by atoms with Crippen LogP contribution in [0.1, 0.15) is 6.92 Å². The minimum atomic E-state index is -0.524. The molecule has 1 N–H and O–H groups in total. The molecular formula is C6H15O3P3. The molecule has 0 bridgehead atoms. The van der Waals surface area contributed by atoms with Crippen LogP contribution in [-0.4, -0.2) is 25.4 Å². The van der Waals surface area contributed by atoms with Gasteiger partial charge in [-0.25, -0.2) is 0 Å². The summed E-state index contributed by atoms with van der Waals surface area (Å²) in [5, 5.41) is 8.55. The Bertz CT molecular complexity index is 140. The van der Waals surface area contributed by atoms with Crippen molar-refractivity contribution in [3.05, 3.63) is 11.6 Å². The van der Waals surface area contributed by atoms with Gasteiger partial charge in [-0.15, -0.1) is 0 Å². The molecule has 0 aromatic heterocycles. The van der Waals surface area contributed by atoms with Crippen molar-refractivity contribution in [3.63, 3.8) is 0 Å². The predicted octanol–water partition coefficient (Wildman–Crippen LogP) is 2.28. The van der Waals surface area contributed by atoms with Gasteiger partial charge in [0, 0.05) is 7.11 Å². The molecule has 12 heavy (non-hydrogen) atoms. The largest absolute Gasteiger partial charge is 0.392 e. The Morgan fingerprint density at radius 3 is 2.92 bits per heavy atom. The molecule has 6 heteroatoms. The second-order valence-electron chi connectivity index (χ2n) is 2.13. The van der Waals surface area contributed by atoms with Crippen LogP contribution in [0.2, 0.25) is 0 Å². The van der Waals surface area contributed by atoms with E-state index < -0.39 is 7.53 Å². The minimum Gasteiger partial charge on any atom is -0.392 e. The molecule has 3 atom stereocenters. The molecule has 0 aliphatic heterocycles. The Morgan fingerprint density at radius 2 is 2.42 bits per heavy atom. The Morgan fingerprint density at radius 1 is 1.75 bits per heavy atom. The molecule has 3 unspecified atom stereocenters. The van der Waals surface area contributed by atoms with Crippen LogP contribution in [-0.2, 0) is 9.05 Å². The second kappa shape index (κ2) is 8.51. The third-order valence-electron chi connectivity index (χ3n) is 1.05. The van der Waals surface area contributed by atoms with Gasteiger partial charge in [-0.1, -0.05) is 15.0 Å². The van der Waals surface area contributed by atoms with E-state index in [0.717, 1.165) is 5.57 Å². The van der Waals surface area contributed by atoms with E-state index in [1.54, 1.807) is 13.2 Å². The van der Waals surface area contributed by atoms with E-state index in [1.807, 2.05) is 6.92 Å². The molecule has 0 saturated heterocycles. The van der Waals surface area contributed by atoms with Crippen LogP contribution in [0, 0.1) is 0 Å². The fourth-order valence-electron chi connectivity index (χ4n) is 0.502. The summed E-state index contributed by atoms with van der Waals surface area (Å²) in [7, 11) is 4.17. The average molecular weight is 228 g/mol. The highest BCUT2D eigenvalue weighted by Crippen LogP contribution is 2.63. The van der Waals surface area contributed by atoms with Crippen molar-refractivity contribution >= 4 is 25.0 Å². The van der Waals surface area contributed by atoms with E-state index in [4.69, 9.17) is 14.2 Å². The van der Waals surface area contributed by atoms with E-state index in [0.29, 0.717) is 15.1 Å². The summed E-state index contributed by atoms with van der Waals surface area (Å²) in [6.07, 6.45) is 1.74. The maximum atomic E-state index is 8.55. The number of aliphatic hydroxyl groups excluding tert-OH is 1. The van der Waals surface area contributed by atoms with Crippen molar-refractivity contribution in [3.8, 4) is 0 Å². The van der Waals surface area contributed by atoms with Gasteiger partial charge in [0.1, 0.15) is 0 Å². The second-order valence-corrected chi connectivity index (χ2v) is 8.45. The number of rotatable bonds is 6. The van der Waals surface area contributed by atoms with Crippen molar-refractivity contribution in [2.24, 2.45) is 0 Å². The first kappa shape index (κ1) is 12.9. The Kier molecular flexibility index (Phi) is 9.15. The topological polar surface area (TPSA) is 38.7 Å². The van der Waals surface area contributed by atoms with Gasteiger partial charge in [-0.3, -0.25) is 0 Å². The molecule has 0 spiro atoms. The van der Waals surface area contributed by atoms with Crippen LogP contribution in [0.5, 0.6) is 0 Å². The molecule has 3 nitrogen and oxygen atoms in total. The minimum absolute atomic E-state index is 0.0799. The number of hydrogen-bond donors (Lipinski definition) is 1. The lowest BCUT2D eigenvalue weighted by atomic mass is 10.3. The molecule has 0 rings (SSSR count). The third kappa shape index (κ3) is 7.55. The Hall–Kier alpha value is 0.910. The highest BCUT2D eigenvalue weighted by atomic mass is 32.4. The number of aliphatic hydroxyl groups is 1. The van der Waals surface area contributed by atoms with Crippen molar-refractivity contribution < 1.29 is 14.2 Å². The molecule has 0 aromatic carbocycles. The SMILES string of the molecule is COPP(P)OC/C(C)=C\CO. The van der Waals surface area contributed by atoms with Gasteiger partial charge in [0.25, 0.3) is 0 Å². The van der Waals surface area contributed by atoms with Crippen molar-refractivity contribution in [2.75, 3.05) is 20.3 Å². The molecule has 0 amide bonds. The number of hydrogen-bond acceptors (Lipinski definition) is 3. The highest BCUT2D eigenvalue weighted by Gasteiger charge is 2.00. The van der Waals surface area contributed by atoms with E-state index in [2.05, 4.69) is 8.93 Å². The summed E-state index contributed by atoms with van der Waals surface area (Å²) in [5.41, 5.74) is 1.05. The van der Waals surface area contributed by atoms with Crippen molar-refractivity contribution in [1.82, 2.24) is 0 Å². The standard InChI is InChI=1S/C6H15O3P3/c1-6(3-4-7)5-9-12(10)11-8-2/h3,7,11H,4-5,10H2,1-2H3/b6-3-. The van der Waals surface area contributed by atoms with Gasteiger partial charge in [0.15, 0.2) is 0 Å². The summed E-state index contributed by atoms with van der Waals surface area (Å²) < 4.78 is 10.4. The van der Waals surface area contributed by atoms with Gasteiger partial charge >= 0.3 is 0 Å². The van der Waals surface area contributed by atoms with Crippen LogP contribution in [0.15, 0.2) is 11.6 Å². The first-order chi connectivity index (χ1) is 5.70. The zero-order chi connectivity index (χ0) is 9.40. The summed E-state index contributed by atoms with van der Waals surface area (Å²) in [5.74, 6) is 0. The van der Waals surface area contributed by atoms with E-state index in [-0.39, 0.29) is 6.61 Å². The molecule has 0 aliphatic carbocycles. The molecule has 0 aliphatic rings. The summed E-state index contributed by atoms with van der Waals surface area (Å²) in [6.45, 7) is 2.59. The zero-order valence-corrected chi connectivity index (χ0v) is 10.3. The van der Waals surface area contributed by atoms with Gasteiger partial charge < -0.3 is 14.2 Å². The summed E-state index contributed by atoms with van der Waals surface area (Å²) in [4.78, 5) is 0. The first-order valence-corrected chi connectivity index (χ1v) is 8.06. The van der Waals surface area contributed by atoms with Crippen LogP contribution in [0.4, 0.5) is 0 Å². The molecule has 72 valence electrons. The van der Waals surface area contributed by atoms with Crippen LogP contribution >= 0.6 is 25.0 Å². The molecule has 0 heterocycles. The smallest absolute Gasteiger partial charge is 0.0956 e. The van der Waals surface area contributed by atoms with Crippen molar-refractivity contribution in [2.45, 2.75) is 6.92 Å². The highest BCUT2D eigenvalue weighted by molar-refractivity contribution is 8.44.